The van der Waals surface area contributed by atoms with Gasteiger partial charge >= 0.3 is 5.97 Å². The van der Waals surface area contributed by atoms with Crippen molar-refractivity contribution in [2.45, 2.75) is 12.2 Å². The molecule has 0 fully saturated rings. The lowest BCUT2D eigenvalue weighted by molar-refractivity contribution is 0.0327. The smallest absolute Gasteiger partial charge is 0.337 e. The van der Waals surface area contributed by atoms with E-state index in [1.807, 2.05) is 0 Å². The summed E-state index contributed by atoms with van der Waals surface area (Å²) in [6, 6.07) is 3.97. The van der Waals surface area contributed by atoms with Crippen molar-refractivity contribution in [2.75, 3.05) is 11.6 Å². The van der Waals surface area contributed by atoms with Crippen molar-refractivity contribution in [1.82, 2.24) is 0 Å². The molecule has 1 rings (SSSR count). The highest BCUT2D eigenvalue weighted by Gasteiger charge is 2.19. The van der Waals surface area contributed by atoms with Crippen LogP contribution in [-0.4, -0.2) is 33.3 Å². The van der Waals surface area contributed by atoms with E-state index in [4.69, 9.17) is 22.4 Å². The third-order valence-electron chi connectivity index (χ3n) is 2.17. The van der Waals surface area contributed by atoms with Gasteiger partial charge in [0.25, 0.3) is 0 Å². The monoisotopic (exact) mass is 245 g/mol. The Bertz CT molecular complexity index is 396. The number of benzene rings is 1. The number of halogens is 1. The van der Waals surface area contributed by atoms with Gasteiger partial charge in [-0.25, -0.2) is 4.79 Å². The van der Waals surface area contributed by atoms with E-state index in [-0.39, 0.29) is 17.1 Å². The van der Waals surface area contributed by atoms with Crippen LogP contribution < -0.4 is 5.73 Å². The number of aliphatic hydroxyl groups excluding tert-OH is 2. The minimum atomic E-state index is -1.18. The molecular weight excluding hydrogens is 234 g/mol. The van der Waals surface area contributed by atoms with Crippen molar-refractivity contribution in [3.05, 3.63) is 29.3 Å². The molecule has 0 saturated heterocycles. The standard InChI is InChI=1S/C10H12ClNO4/c11-4-8(13)9(14)5-1-2-6(10(15)16)7(12)3-5/h1-3,8-9,13-14H,4,12H2,(H,15,16). The predicted octanol–water partition coefficient (Wildman–Crippen LogP) is 0.600. The predicted molar refractivity (Wildman–Crippen MR) is 59.5 cm³/mol. The molecule has 5 N–H and O–H groups in total. The Balaban J connectivity index is 3.01. The Kier molecular flexibility index (Phi) is 4.12. The molecule has 0 aromatic heterocycles. The van der Waals surface area contributed by atoms with Gasteiger partial charge < -0.3 is 21.1 Å². The van der Waals surface area contributed by atoms with Crippen LogP contribution in [0.1, 0.15) is 22.0 Å². The molecule has 0 saturated carbocycles. The Morgan fingerprint density at radius 1 is 1.44 bits per heavy atom. The Labute approximate surface area is 97.1 Å². The minimum absolute atomic E-state index is 0.0332. The molecule has 1 aromatic rings. The van der Waals surface area contributed by atoms with Crippen LogP contribution in [0.5, 0.6) is 0 Å². The first-order valence-electron chi connectivity index (χ1n) is 4.52. The maximum absolute atomic E-state index is 10.7. The summed E-state index contributed by atoms with van der Waals surface area (Å²) in [7, 11) is 0. The number of aromatic carboxylic acids is 1. The van der Waals surface area contributed by atoms with Crippen LogP contribution in [0.3, 0.4) is 0 Å². The van der Waals surface area contributed by atoms with Gasteiger partial charge in [-0.2, -0.15) is 0 Å². The van der Waals surface area contributed by atoms with Crippen molar-refractivity contribution >= 4 is 23.3 Å². The van der Waals surface area contributed by atoms with Gasteiger partial charge in [0.2, 0.25) is 0 Å². The molecule has 0 aliphatic rings. The summed E-state index contributed by atoms with van der Waals surface area (Å²) in [6.45, 7) is 0. The van der Waals surface area contributed by atoms with Crippen molar-refractivity contribution in [2.24, 2.45) is 0 Å². The van der Waals surface area contributed by atoms with Crippen molar-refractivity contribution in [1.29, 1.82) is 0 Å². The SMILES string of the molecule is Nc1cc(C(O)C(O)CCl)ccc1C(=O)O. The molecule has 16 heavy (non-hydrogen) atoms. The van der Waals surface area contributed by atoms with Crippen LogP contribution in [0.15, 0.2) is 18.2 Å². The van der Waals surface area contributed by atoms with E-state index in [1.165, 1.54) is 18.2 Å². The molecule has 5 nitrogen and oxygen atoms in total. The molecule has 1 aromatic carbocycles. The summed E-state index contributed by atoms with van der Waals surface area (Å²) in [4.78, 5) is 10.7. The number of carbonyl (C=O) groups is 1. The fraction of sp³-hybridized carbons (Fsp3) is 0.300. The van der Waals surface area contributed by atoms with E-state index in [2.05, 4.69) is 0 Å². The lowest BCUT2D eigenvalue weighted by Gasteiger charge is -2.16. The molecule has 88 valence electrons. The summed E-state index contributed by atoms with van der Waals surface area (Å²) in [6.07, 6.45) is -2.29. The number of carboxylic acids is 1. The van der Waals surface area contributed by atoms with Crippen LogP contribution in [-0.2, 0) is 0 Å². The maximum atomic E-state index is 10.7. The molecule has 2 atom stereocenters. The largest absolute Gasteiger partial charge is 0.478 e. The molecule has 0 aliphatic carbocycles. The van der Waals surface area contributed by atoms with Gasteiger partial charge in [-0.15, -0.1) is 11.6 Å². The van der Waals surface area contributed by atoms with Crippen LogP contribution in [0.25, 0.3) is 0 Å². The molecule has 6 heteroatoms. The van der Waals surface area contributed by atoms with Gasteiger partial charge in [0.05, 0.1) is 17.5 Å². The Hall–Kier alpha value is -1.30. The lowest BCUT2D eigenvalue weighted by atomic mass is 10.0. The number of hydrogen-bond acceptors (Lipinski definition) is 4. The van der Waals surface area contributed by atoms with Crippen molar-refractivity contribution in [3.8, 4) is 0 Å². The third kappa shape index (κ3) is 2.63. The highest BCUT2D eigenvalue weighted by molar-refractivity contribution is 6.18. The van der Waals surface area contributed by atoms with Gasteiger partial charge in [0.1, 0.15) is 6.10 Å². The summed E-state index contributed by atoms with van der Waals surface area (Å²) >= 11 is 5.38. The first kappa shape index (κ1) is 12.8. The number of alkyl halides is 1. The van der Waals surface area contributed by atoms with E-state index >= 15 is 0 Å². The second-order valence-electron chi connectivity index (χ2n) is 3.32. The summed E-state index contributed by atoms with van der Waals surface area (Å²) in [5.41, 5.74) is 5.81. The normalized spacial score (nSPS) is 14.4. The van der Waals surface area contributed by atoms with E-state index in [0.29, 0.717) is 5.56 Å². The topological polar surface area (TPSA) is 104 Å². The van der Waals surface area contributed by atoms with Crippen molar-refractivity contribution in [3.63, 3.8) is 0 Å². The van der Waals surface area contributed by atoms with E-state index in [9.17, 15) is 15.0 Å². The van der Waals surface area contributed by atoms with Gasteiger partial charge in [-0.05, 0) is 17.7 Å². The van der Waals surface area contributed by atoms with Gasteiger partial charge in [-0.1, -0.05) is 6.07 Å². The highest BCUT2D eigenvalue weighted by atomic mass is 35.5. The summed E-state index contributed by atoms with van der Waals surface area (Å²) < 4.78 is 0. The molecular formula is C10H12ClNO4. The quantitative estimate of drug-likeness (QED) is 0.459. The lowest BCUT2D eigenvalue weighted by Crippen LogP contribution is -2.20. The molecule has 0 amide bonds. The van der Waals surface area contributed by atoms with Gasteiger partial charge in [0.15, 0.2) is 0 Å². The van der Waals surface area contributed by atoms with Gasteiger partial charge in [-0.3, -0.25) is 0 Å². The second-order valence-corrected chi connectivity index (χ2v) is 3.63. The van der Waals surface area contributed by atoms with Crippen LogP contribution in [0, 0.1) is 0 Å². The fourth-order valence-electron chi connectivity index (χ4n) is 1.27. The molecule has 0 radical (unpaired) electrons. The maximum Gasteiger partial charge on any atom is 0.337 e. The number of nitrogen functional groups attached to an aromatic ring is 1. The zero-order valence-electron chi connectivity index (χ0n) is 8.30. The van der Waals surface area contributed by atoms with E-state index < -0.39 is 18.2 Å². The number of carboxylic acid groups (broad SMARTS) is 1. The number of anilines is 1. The average Bonchev–Trinajstić information content (AvgIpc) is 2.26. The van der Waals surface area contributed by atoms with Crippen LogP contribution >= 0.6 is 11.6 Å². The summed E-state index contributed by atoms with van der Waals surface area (Å²) in [5.74, 6) is -1.27. The summed E-state index contributed by atoms with van der Waals surface area (Å²) in [5, 5.41) is 27.7. The van der Waals surface area contributed by atoms with Crippen molar-refractivity contribution < 1.29 is 20.1 Å². The first-order valence-corrected chi connectivity index (χ1v) is 5.05. The van der Waals surface area contributed by atoms with E-state index in [0.717, 1.165) is 0 Å². The number of hydrogen-bond donors (Lipinski definition) is 4. The Morgan fingerprint density at radius 2 is 2.06 bits per heavy atom. The van der Waals surface area contributed by atoms with Gasteiger partial charge in [0, 0.05) is 5.69 Å². The van der Waals surface area contributed by atoms with Crippen LogP contribution in [0.4, 0.5) is 5.69 Å². The highest BCUT2D eigenvalue weighted by Crippen LogP contribution is 2.22. The third-order valence-corrected chi connectivity index (χ3v) is 2.49. The second kappa shape index (κ2) is 5.16. The van der Waals surface area contributed by atoms with E-state index in [1.54, 1.807) is 0 Å². The zero-order valence-corrected chi connectivity index (χ0v) is 9.05. The minimum Gasteiger partial charge on any atom is -0.478 e. The molecule has 0 heterocycles. The number of rotatable bonds is 4. The molecule has 0 aliphatic heterocycles. The zero-order chi connectivity index (χ0) is 12.3. The molecule has 0 spiro atoms. The average molecular weight is 246 g/mol. The first-order chi connectivity index (χ1) is 7.47. The Morgan fingerprint density at radius 3 is 2.50 bits per heavy atom. The number of aliphatic hydroxyl groups is 2. The molecule has 2 unspecified atom stereocenters. The van der Waals surface area contributed by atoms with Crippen LogP contribution in [0.2, 0.25) is 0 Å². The fourth-order valence-corrected chi connectivity index (χ4v) is 1.44. The molecule has 0 bridgehead atoms. The number of nitrogens with two attached hydrogens (primary N) is 1.